The van der Waals surface area contributed by atoms with Gasteiger partial charge in [0, 0.05) is 77.9 Å². The number of aromatic amines is 4. The van der Waals surface area contributed by atoms with Gasteiger partial charge in [0.05, 0.1) is 45.6 Å². The maximum Gasteiger partial charge on any atom is 0.135 e. The van der Waals surface area contributed by atoms with Crippen molar-refractivity contribution in [3.8, 4) is 16.9 Å². The molecule has 0 saturated heterocycles. The van der Waals surface area contributed by atoms with Crippen LogP contribution in [0.25, 0.3) is 105 Å². The van der Waals surface area contributed by atoms with Gasteiger partial charge in [0.2, 0.25) is 0 Å². The topological polar surface area (TPSA) is 124 Å². The van der Waals surface area contributed by atoms with Crippen molar-refractivity contribution in [1.29, 1.82) is 0 Å². The van der Waals surface area contributed by atoms with E-state index in [-0.39, 0.29) is 12.0 Å². The van der Waals surface area contributed by atoms with Crippen LogP contribution in [0.2, 0.25) is 0 Å². The number of nitrogens with one attached hydrogen (secondary N) is 4. The zero-order valence-corrected chi connectivity index (χ0v) is 52.9. The molecule has 9 nitrogen and oxygen atoms in total. The third-order valence-electron chi connectivity index (χ3n) is 20.1. The molecule has 16 bridgehead atoms. The Morgan fingerprint density at radius 2 is 0.741 bits per heavy atom. The maximum absolute atomic E-state index is 7.83. The number of ether oxygens (including phenoxy) is 1. The van der Waals surface area contributed by atoms with E-state index in [2.05, 4.69) is 204 Å². The molecule has 1 aliphatic carbocycles. The van der Waals surface area contributed by atoms with Crippen molar-refractivity contribution in [3.05, 3.63) is 174 Å². The molecule has 9 heteroatoms. The molecule has 4 N–H and O–H groups in total. The van der Waals surface area contributed by atoms with Crippen LogP contribution in [0, 0.1) is 27.7 Å². The lowest BCUT2D eigenvalue weighted by molar-refractivity contribution is 0.279. The van der Waals surface area contributed by atoms with Gasteiger partial charge in [-0.05, 0) is 232 Å². The fraction of sp³-hybridized carbons (Fsp3) is 0.342. The predicted molar refractivity (Wildman–Crippen MR) is 359 cm³/mol. The lowest BCUT2D eigenvalue weighted by Gasteiger charge is -2.25. The van der Waals surface area contributed by atoms with Gasteiger partial charge in [0.25, 0.3) is 0 Å². The molecule has 1 aromatic carbocycles. The molecule has 13 rings (SSSR count). The number of H-pyrrole nitrogens is 4. The van der Waals surface area contributed by atoms with Crippen LogP contribution < -0.4 is 4.74 Å². The summed E-state index contributed by atoms with van der Waals surface area (Å²) in [7, 11) is 0. The first kappa shape index (κ1) is 55.9. The first-order valence-corrected chi connectivity index (χ1v) is 31.6. The number of allylic oxidation sites excluding steroid dienone is 10. The van der Waals surface area contributed by atoms with E-state index >= 15 is 0 Å². The predicted octanol–water partition coefficient (Wildman–Crippen LogP) is 20.0. The number of rotatable bonds is 10. The zero-order chi connectivity index (χ0) is 59.6. The molecular weight excluding hydrogens is 1040 g/mol. The standard InChI is InChI=1S/C76H82N8O/c1-17-45-37(9)57-31-65-49(21-5)41(13)71(81-65)69(72-42(14)50(22-6)66(82-72)32-58-38(10)46(18-2)62(78-58)35-61(45)77-57)55-29-25-27-53-54-28-26-30-56(76(54)85-75(53)55)70-73-43(15)51(23-7)67(83-73)33-59-39(11)47(19-3)63(79-59)36-64-48(20-4)40(12)60(80-64)34-68-52(24-8)44(16)74(70)84-68/h25-36,53,75,77-80H,17-24H2,1-16H3. The number of aromatic nitrogens is 8. The zero-order valence-electron chi connectivity index (χ0n) is 52.9. The van der Waals surface area contributed by atoms with Crippen LogP contribution in [0.3, 0.4) is 0 Å². The number of benzene rings is 1. The summed E-state index contributed by atoms with van der Waals surface area (Å²) in [5.74, 6) is 0.775. The van der Waals surface area contributed by atoms with E-state index in [1.807, 2.05) is 0 Å². The lowest BCUT2D eigenvalue weighted by atomic mass is 9.81. The number of nitrogens with zero attached hydrogens (tertiary/aromatic N) is 4. The molecule has 0 spiro atoms. The Morgan fingerprint density at radius 3 is 1.07 bits per heavy atom. The molecule has 2 atom stereocenters. The van der Waals surface area contributed by atoms with Crippen LogP contribution in [0.5, 0.6) is 5.75 Å². The molecule has 6 aliphatic rings. The summed E-state index contributed by atoms with van der Waals surface area (Å²) in [5.41, 5.74) is 41.9. The van der Waals surface area contributed by atoms with Crippen molar-refractivity contribution in [2.45, 2.75) is 174 Å². The molecule has 0 saturated carbocycles. The molecule has 11 heterocycles. The molecule has 5 aliphatic heterocycles. The second kappa shape index (κ2) is 21.3. The Hall–Kier alpha value is -8.30. The minimum Gasteiger partial charge on any atom is -0.484 e. The first-order chi connectivity index (χ1) is 41.1. The van der Waals surface area contributed by atoms with Crippen LogP contribution in [0.4, 0.5) is 0 Å². The van der Waals surface area contributed by atoms with Crippen molar-refractivity contribution in [3.63, 3.8) is 0 Å². The average Bonchev–Trinajstić information content (AvgIpc) is 1.86. The largest absolute Gasteiger partial charge is 0.484 e. The van der Waals surface area contributed by atoms with Crippen molar-refractivity contribution in [2.24, 2.45) is 0 Å². The van der Waals surface area contributed by atoms with Gasteiger partial charge in [-0.15, -0.1) is 0 Å². The highest BCUT2D eigenvalue weighted by Crippen LogP contribution is 2.55. The molecule has 0 radical (unpaired) electrons. The Morgan fingerprint density at radius 1 is 0.400 bits per heavy atom. The maximum atomic E-state index is 7.83. The van der Waals surface area contributed by atoms with Crippen LogP contribution >= 0.6 is 0 Å². The van der Waals surface area contributed by atoms with Gasteiger partial charge in [-0.25, -0.2) is 19.9 Å². The Balaban J connectivity index is 1.09. The number of hydrogen-bond donors (Lipinski definition) is 4. The quantitative estimate of drug-likeness (QED) is 0.109. The summed E-state index contributed by atoms with van der Waals surface area (Å²) in [5, 5.41) is 0. The minimum atomic E-state index is -0.382. The van der Waals surface area contributed by atoms with Crippen molar-refractivity contribution in [2.75, 3.05) is 0 Å². The van der Waals surface area contributed by atoms with Crippen molar-refractivity contribution < 1.29 is 4.74 Å². The van der Waals surface area contributed by atoms with Gasteiger partial charge in [-0.2, -0.15) is 0 Å². The van der Waals surface area contributed by atoms with Gasteiger partial charge in [0.15, 0.2) is 0 Å². The highest BCUT2D eigenvalue weighted by Gasteiger charge is 2.42. The summed E-state index contributed by atoms with van der Waals surface area (Å²) < 4.78 is 7.83. The summed E-state index contributed by atoms with van der Waals surface area (Å²) in [4.78, 5) is 38.7. The first-order valence-electron chi connectivity index (χ1n) is 31.6. The Kier molecular flexibility index (Phi) is 14.0. The molecule has 0 fully saturated rings. The molecule has 432 valence electrons. The van der Waals surface area contributed by atoms with Crippen molar-refractivity contribution in [1.82, 2.24) is 39.9 Å². The fourth-order valence-electron chi connectivity index (χ4n) is 15.4. The fourth-order valence-corrected chi connectivity index (χ4v) is 15.4. The number of hydrogen-bond acceptors (Lipinski definition) is 5. The molecule has 0 amide bonds. The van der Waals surface area contributed by atoms with Gasteiger partial charge in [-0.1, -0.05) is 91.8 Å². The lowest BCUT2D eigenvalue weighted by Crippen LogP contribution is -2.23. The Bertz CT molecular complexity index is 4400. The van der Waals surface area contributed by atoms with Crippen LogP contribution in [-0.2, 0) is 25.7 Å². The second-order valence-electron chi connectivity index (χ2n) is 24.3. The van der Waals surface area contributed by atoms with E-state index in [9.17, 15) is 0 Å². The monoisotopic (exact) mass is 1120 g/mol. The summed E-state index contributed by atoms with van der Waals surface area (Å²) in [6.07, 6.45) is 13.5. The van der Waals surface area contributed by atoms with Crippen LogP contribution in [0.1, 0.15) is 216 Å². The highest BCUT2D eigenvalue weighted by molar-refractivity contribution is 6.05. The molecule has 85 heavy (non-hydrogen) atoms. The van der Waals surface area contributed by atoms with Gasteiger partial charge >= 0.3 is 0 Å². The van der Waals surface area contributed by atoms with E-state index in [4.69, 9.17) is 24.7 Å². The normalized spacial score (nSPS) is 16.5. The van der Waals surface area contributed by atoms with Gasteiger partial charge < -0.3 is 24.7 Å². The minimum absolute atomic E-state index is 0.0929. The summed E-state index contributed by atoms with van der Waals surface area (Å²) in [6.45, 7) is 36.2. The van der Waals surface area contributed by atoms with E-state index in [0.29, 0.717) is 0 Å². The number of aryl methyl sites for hydroxylation is 8. The van der Waals surface area contributed by atoms with Crippen LogP contribution in [0.15, 0.2) is 72.8 Å². The number of para-hydroxylation sites is 1. The summed E-state index contributed by atoms with van der Waals surface area (Å²) in [6, 6.07) is 20.6. The van der Waals surface area contributed by atoms with Gasteiger partial charge in [-0.3, -0.25) is 0 Å². The molecular formula is C76H82N8O. The van der Waals surface area contributed by atoms with E-state index in [0.717, 1.165) is 175 Å². The highest BCUT2D eigenvalue weighted by atomic mass is 16.5. The summed E-state index contributed by atoms with van der Waals surface area (Å²) >= 11 is 0. The third-order valence-corrected chi connectivity index (χ3v) is 20.1. The molecule has 2 unspecified atom stereocenters. The molecule has 6 aromatic heterocycles. The smallest absolute Gasteiger partial charge is 0.135 e. The number of fused-ring (bicyclic) bond motifs is 19. The molecule has 7 aromatic rings. The Labute approximate surface area is 501 Å². The van der Waals surface area contributed by atoms with Crippen LogP contribution in [-0.4, -0.2) is 46.0 Å². The van der Waals surface area contributed by atoms with Crippen molar-refractivity contribution >= 4 is 94.3 Å². The van der Waals surface area contributed by atoms with E-state index < -0.39 is 0 Å². The SMILES string of the molecule is CCC1=C(C)c2nc1cc1[nH]c(cc3[nH]c(cc4nc(c2C2=CC=CC5c6cccc(-c7c8nc(cc9[nH]c(cc%10[nH]c(cc%11nc7C(C)=C%11CC)c(C)c%10CC)c(CC)c9C)C(CC)=C8C)c6OC25)C(C)=C4CC)c(C)c3CC)c(CC)c1C. The third kappa shape index (κ3) is 8.52. The average molecular weight is 1120 g/mol. The van der Waals surface area contributed by atoms with E-state index in [1.165, 1.54) is 89.1 Å². The van der Waals surface area contributed by atoms with Gasteiger partial charge in [0.1, 0.15) is 11.9 Å². The van der Waals surface area contributed by atoms with E-state index in [1.54, 1.807) is 0 Å². The second-order valence-corrected chi connectivity index (χ2v) is 24.3.